The largest absolute Gasteiger partial charge is 0.481 e. The SMILES string of the molecule is CC(=O)CCCCOCCOCCOCCCN.CC(CCCN=C(N)N)NC(=O)[C@H](CCC(=O)O)CC(=O)c1nc(N)c(C(=O)N[C@@H](CCCN=C(N)N)C(=O)CC(CCC(=O)O)C(=O)NCCCOCCOCCOCCCN)nc1N. The number of Topliss-reactive ketones (excluding diaryl/α,β-unsaturated/α-hetero) is 3. The van der Waals surface area contributed by atoms with E-state index in [0.29, 0.717) is 125 Å². The maximum absolute atomic E-state index is 13.8. The van der Waals surface area contributed by atoms with Crippen LogP contribution in [0.25, 0.3) is 0 Å². The van der Waals surface area contributed by atoms with E-state index in [-0.39, 0.29) is 62.5 Å². The van der Waals surface area contributed by atoms with E-state index in [1.807, 2.05) is 0 Å². The lowest BCUT2D eigenvalue weighted by Crippen LogP contribution is -2.44. The van der Waals surface area contributed by atoms with Crippen LogP contribution >= 0.6 is 0 Å². The van der Waals surface area contributed by atoms with Gasteiger partial charge in [-0.1, -0.05) is 0 Å². The minimum atomic E-state index is -1.29. The molecule has 3 amide bonds. The van der Waals surface area contributed by atoms with Crippen molar-refractivity contribution in [3.05, 3.63) is 11.4 Å². The van der Waals surface area contributed by atoms with Gasteiger partial charge in [-0.15, -0.1) is 0 Å². The number of unbranched alkanes of at least 4 members (excludes halogenated alkanes) is 1. The molecule has 1 rings (SSSR count). The first-order valence-corrected chi connectivity index (χ1v) is 28.4. The lowest BCUT2D eigenvalue weighted by molar-refractivity contribution is -0.139. The number of nitrogens with one attached hydrogen (secondary N) is 3. The Hall–Kier alpha value is -6.74. The first kappa shape index (κ1) is 77.3. The molecule has 0 saturated heterocycles. The number of aliphatic imine (C=N–C) groups is 2. The first-order valence-electron chi connectivity index (χ1n) is 28.4. The van der Waals surface area contributed by atoms with Crippen LogP contribution in [0.4, 0.5) is 11.6 Å². The van der Waals surface area contributed by atoms with Crippen LogP contribution in [-0.2, 0) is 57.2 Å². The van der Waals surface area contributed by atoms with Crippen molar-refractivity contribution in [2.75, 3.05) is 123 Å². The summed E-state index contributed by atoms with van der Waals surface area (Å²) in [5.74, 6) is -9.34. The average Bonchev–Trinajstić information content (AvgIpc) is 2.83. The molecular weight excluding hydrogens is 1100 g/mol. The van der Waals surface area contributed by atoms with Crippen LogP contribution < -0.4 is 61.8 Å². The number of hydrogen-bond donors (Lipinski definition) is 13. The lowest BCUT2D eigenvalue weighted by atomic mass is 9.91. The number of nitrogen functional groups attached to an aromatic ring is 2. The third-order valence-electron chi connectivity index (χ3n) is 11.9. The average molecular weight is 1200 g/mol. The van der Waals surface area contributed by atoms with E-state index in [4.69, 9.17) is 74.3 Å². The Morgan fingerprint density at radius 3 is 1.44 bits per heavy atom. The minimum absolute atomic E-state index is 0.0367. The van der Waals surface area contributed by atoms with Gasteiger partial charge < -0.3 is 105 Å². The minimum Gasteiger partial charge on any atom is -0.481 e. The summed E-state index contributed by atoms with van der Waals surface area (Å²) in [6.45, 7) is 11.3. The molecule has 0 bridgehead atoms. The van der Waals surface area contributed by atoms with Crippen LogP contribution in [0.3, 0.4) is 0 Å². The Balaban J connectivity index is 0.00000326. The number of ether oxygens (including phenoxy) is 6. The fraction of sp³-hybridized carbons (Fsp3) is 0.736. The zero-order valence-electron chi connectivity index (χ0n) is 49.2. The topological polar surface area (TPSA) is 527 Å². The van der Waals surface area contributed by atoms with Crippen LogP contribution in [0, 0.1) is 11.8 Å². The number of carbonyl (C=O) groups excluding carboxylic acids is 6. The number of ketones is 3. The van der Waals surface area contributed by atoms with E-state index in [1.165, 1.54) is 0 Å². The second-order valence-corrected chi connectivity index (χ2v) is 19.3. The number of hydrogen-bond acceptors (Lipinski definition) is 22. The predicted molar refractivity (Wildman–Crippen MR) is 313 cm³/mol. The lowest BCUT2D eigenvalue weighted by Gasteiger charge is -2.21. The number of rotatable bonds is 52. The van der Waals surface area contributed by atoms with E-state index >= 15 is 0 Å². The molecule has 31 nitrogen and oxygen atoms in total. The molecule has 2 unspecified atom stereocenters. The highest BCUT2D eigenvalue weighted by molar-refractivity contribution is 6.04. The van der Waals surface area contributed by atoms with Crippen molar-refractivity contribution in [1.29, 1.82) is 0 Å². The Labute approximate surface area is 491 Å². The molecule has 1 heterocycles. The normalized spacial score (nSPS) is 12.3. The standard InChI is InChI=1S/C40H70N14O12.C13H27NO4/c1-24(6-2-13-49-39(44)45)51-37(62)26(9-11-31(59)60)23-29(56)32-34(42)54-33(35(43)53-32)38(63)52-27(7-3-14-50-40(46)47)28(55)22-25(8-10-30(57)58)36(61)48-15-5-17-65-19-21-66-20-18-64-16-4-12-41;1-13(15)5-2-3-7-16-9-11-18-12-10-17-8-4-6-14/h24-27H,2-23,41H2,1H3,(H2,42,54)(H2,43,53)(H,48,61)(H,51,62)(H,52,63)(H,57,58)(H,59,60)(H4,44,45,49)(H4,46,47,50);2-12,14H2,1H3/t24?,25?,26-,27+;/m1./s1. The number of amides is 3. The fourth-order valence-electron chi connectivity index (χ4n) is 7.43. The zero-order valence-corrected chi connectivity index (χ0v) is 49.2. The van der Waals surface area contributed by atoms with Crippen molar-refractivity contribution in [3.63, 3.8) is 0 Å². The zero-order chi connectivity index (χ0) is 62.9. The van der Waals surface area contributed by atoms with Crippen LogP contribution in [-0.4, -0.2) is 203 Å². The third-order valence-corrected chi connectivity index (χ3v) is 11.9. The van der Waals surface area contributed by atoms with Gasteiger partial charge in [-0.2, -0.15) is 0 Å². The number of aromatic nitrogens is 2. The smallest absolute Gasteiger partial charge is 0.303 e. The molecule has 84 heavy (non-hydrogen) atoms. The summed E-state index contributed by atoms with van der Waals surface area (Å²) in [7, 11) is 0. The number of anilines is 2. The van der Waals surface area contributed by atoms with Crippen LogP contribution in [0.5, 0.6) is 0 Å². The Morgan fingerprint density at radius 2 is 0.964 bits per heavy atom. The summed E-state index contributed by atoms with van der Waals surface area (Å²) in [6, 6.07) is -1.66. The summed E-state index contributed by atoms with van der Waals surface area (Å²) < 4.78 is 32.3. The quantitative estimate of drug-likeness (QED) is 0.0159. The van der Waals surface area contributed by atoms with Crippen molar-refractivity contribution in [2.45, 2.75) is 129 Å². The molecule has 0 spiro atoms. The maximum atomic E-state index is 13.8. The fourth-order valence-corrected chi connectivity index (χ4v) is 7.43. The number of aliphatic carboxylic acids is 2. The van der Waals surface area contributed by atoms with Gasteiger partial charge in [-0.25, -0.2) is 9.97 Å². The summed E-state index contributed by atoms with van der Waals surface area (Å²) >= 11 is 0. The van der Waals surface area contributed by atoms with Gasteiger partial charge >= 0.3 is 11.9 Å². The molecular formula is C53H97N15O16. The van der Waals surface area contributed by atoms with E-state index < -0.39 is 108 Å². The highest BCUT2D eigenvalue weighted by Crippen LogP contribution is 2.22. The highest BCUT2D eigenvalue weighted by Gasteiger charge is 2.31. The second-order valence-electron chi connectivity index (χ2n) is 19.3. The van der Waals surface area contributed by atoms with Gasteiger partial charge in [0.1, 0.15) is 5.78 Å². The Kier molecular flexibility index (Phi) is 45.7. The van der Waals surface area contributed by atoms with Crippen LogP contribution in [0.1, 0.15) is 138 Å². The van der Waals surface area contributed by atoms with E-state index in [1.54, 1.807) is 13.8 Å². The van der Waals surface area contributed by atoms with Crippen molar-refractivity contribution in [1.82, 2.24) is 25.9 Å². The van der Waals surface area contributed by atoms with Crippen LogP contribution in [0.15, 0.2) is 9.98 Å². The molecule has 21 N–H and O–H groups in total. The van der Waals surface area contributed by atoms with Crippen molar-refractivity contribution >= 4 is 70.6 Å². The second kappa shape index (κ2) is 49.7. The van der Waals surface area contributed by atoms with Crippen molar-refractivity contribution < 1.29 is 77.0 Å². The predicted octanol–water partition coefficient (Wildman–Crippen LogP) is -1.11. The molecule has 0 aliphatic rings. The molecule has 1 aromatic rings. The van der Waals surface area contributed by atoms with E-state index in [9.17, 15) is 48.6 Å². The Bertz CT molecular complexity index is 2130. The molecule has 0 radical (unpaired) electrons. The number of nitrogens with two attached hydrogens (primary N) is 8. The molecule has 31 heteroatoms. The van der Waals surface area contributed by atoms with Gasteiger partial charge in [0.2, 0.25) is 11.8 Å². The van der Waals surface area contributed by atoms with Gasteiger partial charge in [-0.3, -0.25) is 43.5 Å². The van der Waals surface area contributed by atoms with Crippen LogP contribution in [0.2, 0.25) is 0 Å². The molecule has 480 valence electrons. The molecule has 0 fully saturated rings. The molecule has 0 aliphatic carbocycles. The first-order chi connectivity index (χ1) is 40.1. The molecule has 0 aliphatic heterocycles. The molecule has 0 aromatic carbocycles. The summed E-state index contributed by atoms with van der Waals surface area (Å²) in [5.41, 5.74) is 43.4. The number of carboxylic acid groups (broad SMARTS) is 2. The van der Waals surface area contributed by atoms with Gasteiger partial charge in [-0.05, 0) is 97.6 Å². The highest BCUT2D eigenvalue weighted by atomic mass is 16.5. The monoisotopic (exact) mass is 1200 g/mol. The summed E-state index contributed by atoms with van der Waals surface area (Å²) in [6.07, 6.45) is 3.50. The molecule has 1 aromatic heterocycles. The molecule has 4 atom stereocenters. The number of carbonyl (C=O) groups is 8. The maximum Gasteiger partial charge on any atom is 0.303 e. The number of nitrogens with zero attached hydrogens (tertiary/aromatic N) is 4. The number of guanidine groups is 2. The van der Waals surface area contributed by atoms with Gasteiger partial charge in [0.25, 0.3) is 5.91 Å². The van der Waals surface area contributed by atoms with Gasteiger partial charge in [0, 0.05) is 96.0 Å². The summed E-state index contributed by atoms with van der Waals surface area (Å²) in [5, 5.41) is 26.6. The van der Waals surface area contributed by atoms with Crippen molar-refractivity contribution in [2.24, 2.45) is 56.2 Å². The van der Waals surface area contributed by atoms with Crippen molar-refractivity contribution in [3.8, 4) is 0 Å². The van der Waals surface area contributed by atoms with Gasteiger partial charge in [0.15, 0.2) is 46.5 Å². The number of carboxylic acids is 2. The van der Waals surface area contributed by atoms with E-state index in [0.717, 1.165) is 25.7 Å². The van der Waals surface area contributed by atoms with Gasteiger partial charge in [0.05, 0.1) is 58.9 Å². The third kappa shape index (κ3) is 42.1. The molecule has 0 saturated carbocycles. The Morgan fingerprint density at radius 1 is 0.524 bits per heavy atom. The summed E-state index contributed by atoms with van der Waals surface area (Å²) in [4.78, 5) is 117. The van der Waals surface area contributed by atoms with E-state index in [2.05, 4.69) is 35.9 Å².